The lowest BCUT2D eigenvalue weighted by Crippen LogP contribution is -2.49. The van der Waals surface area contributed by atoms with E-state index in [0.717, 1.165) is 10.5 Å². The number of carbonyl (C=O) groups excluding carboxylic acids is 3. The van der Waals surface area contributed by atoms with Crippen molar-refractivity contribution in [2.24, 2.45) is 0 Å². The number of halogens is 1. The fraction of sp³-hybridized carbons (Fsp3) is 0.421. The zero-order chi connectivity index (χ0) is 20.3. The van der Waals surface area contributed by atoms with Crippen molar-refractivity contribution < 1.29 is 19.1 Å². The Hall–Kier alpha value is -2.42. The third kappa shape index (κ3) is 4.52. The Kier molecular flexibility index (Phi) is 6.33. The first kappa shape index (κ1) is 20.3. The van der Waals surface area contributed by atoms with Gasteiger partial charge in [0, 0.05) is 18.7 Å². The van der Waals surface area contributed by atoms with Crippen LogP contribution >= 0.6 is 11.6 Å². The molecular formula is C19H23ClN4O4. The van der Waals surface area contributed by atoms with Crippen molar-refractivity contribution >= 4 is 40.7 Å². The first-order valence-electron chi connectivity index (χ1n) is 9.06. The molecule has 2 aliphatic heterocycles. The first-order valence-corrected chi connectivity index (χ1v) is 9.44. The summed E-state index contributed by atoms with van der Waals surface area (Å²) in [4.78, 5) is 38.2. The van der Waals surface area contributed by atoms with Crippen molar-refractivity contribution in [2.75, 3.05) is 43.1 Å². The quantitative estimate of drug-likeness (QED) is 0.571. The number of anilines is 2. The minimum absolute atomic E-state index is 0.00163. The van der Waals surface area contributed by atoms with Crippen molar-refractivity contribution in [3.05, 3.63) is 34.4 Å². The van der Waals surface area contributed by atoms with Crippen LogP contribution in [0, 0.1) is 0 Å². The molecule has 1 aromatic carbocycles. The van der Waals surface area contributed by atoms with E-state index in [0.29, 0.717) is 48.3 Å². The van der Waals surface area contributed by atoms with E-state index in [9.17, 15) is 14.4 Å². The molecule has 0 saturated carbocycles. The molecule has 28 heavy (non-hydrogen) atoms. The van der Waals surface area contributed by atoms with Crippen molar-refractivity contribution in [1.82, 2.24) is 10.4 Å². The second-order valence-electron chi connectivity index (χ2n) is 6.84. The van der Waals surface area contributed by atoms with Crippen LogP contribution in [0.5, 0.6) is 0 Å². The smallest absolute Gasteiger partial charge is 0.261 e. The number of amides is 3. The normalized spacial score (nSPS) is 17.8. The van der Waals surface area contributed by atoms with Crippen molar-refractivity contribution in [3.8, 4) is 0 Å². The number of carbonyl (C=O) groups is 3. The number of ether oxygens (including phenoxy) is 1. The average Bonchev–Trinajstić information content (AvgIpc) is 2.96. The molecule has 2 saturated heterocycles. The van der Waals surface area contributed by atoms with Gasteiger partial charge in [-0.05, 0) is 32.0 Å². The minimum atomic E-state index is -0.316. The topological polar surface area (TPSA) is 91.0 Å². The Balaban J connectivity index is 1.68. The second kappa shape index (κ2) is 8.72. The Labute approximate surface area is 168 Å². The summed E-state index contributed by atoms with van der Waals surface area (Å²) in [7, 11) is 0. The summed E-state index contributed by atoms with van der Waals surface area (Å²) < 4.78 is 5.24. The lowest BCUT2D eigenvalue weighted by atomic mass is 10.1. The first-order chi connectivity index (χ1) is 13.4. The summed E-state index contributed by atoms with van der Waals surface area (Å²) in [5.41, 5.74) is 5.03. The number of benzene rings is 1. The summed E-state index contributed by atoms with van der Waals surface area (Å²) in [6.07, 6.45) is 0.0918. The Bertz CT molecular complexity index is 829. The second-order valence-corrected chi connectivity index (χ2v) is 7.25. The predicted molar refractivity (Wildman–Crippen MR) is 106 cm³/mol. The maximum Gasteiger partial charge on any atom is 0.261 e. The van der Waals surface area contributed by atoms with E-state index in [2.05, 4.69) is 10.7 Å². The molecule has 0 spiro atoms. The van der Waals surface area contributed by atoms with Crippen LogP contribution in [-0.4, -0.2) is 55.6 Å². The minimum Gasteiger partial charge on any atom is -0.379 e. The van der Waals surface area contributed by atoms with E-state index in [1.807, 2.05) is 13.8 Å². The molecule has 0 aromatic heterocycles. The summed E-state index contributed by atoms with van der Waals surface area (Å²) in [6, 6.07) is 4.82. The highest BCUT2D eigenvalue weighted by Crippen LogP contribution is 2.32. The maximum absolute atomic E-state index is 12.6. The molecule has 2 heterocycles. The van der Waals surface area contributed by atoms with E-state index < -0.39 is 0 Å². The molecule has 2 fully saturated rings. The van der Waals surface area contributed by atoms with Crippen LogP contribution in [-0.2, 0) is 19.1 Å². The standard InChI is InChI=1S/C19H23ClN4O4/c1-12(2)14-10-18(26)24(19(14)27)13-3-4-15(20)16(9-13)21-11-17(25)22-23-5-7-28-8-6-23/h3-4,9,21H,5-8,10-11H2,1-2H3,(H,22,25). The van der Waals surface area contributed by atoms with Crippen molar-refractivity contribution in [1.29, 1.82) is 0 Å². The van der Waals surface area contributed by atoms with Crippen LogP contribution in [0.2, 0.25) is 5.02 Å². The SMILES string of the molecule is CC(C)=C1CC(=O)N(c2ccc(Cl)c(NCC(=O)NN3CCOCC3)c2)C1=O. The number of nitrogens with zero attached hydrogens (tertiary/aromatic N) is 2. The largest absolute Gasteiger partial charge is 0.379 e. The van der Waals surface area contributed by atoms with Gasteiger partial charge in [-0.3, -0.25) is 19.8 Å². The molecule has 9 heteroatoms. The molecule has 8 nitrogen and oxygen atoms in total. The molecule has 2 N–H and O–H groups in total. The number of rotatable bonds is 5. The van der Waals surface area contributed by atoms with Crippen LogP contribution in [0.25, 0.3) is 0 Å². The van der Waals surface area contributed by atoms with Gasteiger partial charge in [0.2, 0.25) is 5.91 Å². The Morgan fingerprint density at radius 3 is 2.57 bits per heavy atom. The lowest BCUT2D eigenvalue weighted by molar-refractivity contribution is -0.126. The fourth-order valence-electron chi connectivity index (χ4n) is 3.06. The predicted octanol–water partition coefficient (Wildman–Crippen LogP) is 1.71. The van der Waals surface area contributed by atoms with Gasteiger partial charge >= 0.3 is 0 Å². The summed E-state index contributed by atoms with van der Waals surface area (Å²) in [5, 5.41) is 5.16. The highest BCUT2D eigenvalue weighted by molar-refractivity contribution is 6.34. The molecule has 3 rings (SSSR count). The number of morpholine rings is 1. The molecule has 0 bridgehead atoms. The van der Waals surface area contributed by atoms with Gasteiger partial charge in [-0.2, -0.15) is 0 Å². The fourth-order valence-corrected chi connectivity index (χ4v) is 3.24. The van der Waals surface area contributed by atoms with Gasteiger partial charge in [-0.1, -0.05) is 17.2 Å². The van der Waals surface area contributed by atoms with Gasteiger partial charge in [0.05, 0.1) is 42.6 Å². The van der Waals surface area contributed by atoms with E-state index in [4.69, 9.17) is 16.3 Å². The molecule has 0 unspecified atom stereocenters. The van der Waals surface area contributed by atoms with Crippen LogP contribution < -0.4 is 15.6 Å². The van der Waals surface area contributed by atoms with Gasteiger partial charge in [0.25, 0.3) is 11.8 Å². The molecule has 0 radical (unpaired) electrons. The molecule has 0 atom stereocenters. The molecule has 0 aliphatic carbocycles. The van der Waals surface area contributed by atoms with E-state index in [1.54, 1.807) is 23.2 Å². The van der Waals surface area contributed by atoms with Crippen molar-refractivity contribution in [2.45, 2.75) is 20.3 Å². The summed E-state index contributed by atoms with van der Waals surface area (Å²) >= 11 is 6.21. The van der Waals surface area contributed by atoms with Crippen LogP contribution in [0.4, 0.5) is 11.4 Å². The van der Waals surface area contributed by atoms with E-state index >= 15 is 0 Å². The number of imide groups is 1. The Morgan fingerprint density at radius 1 is 1.21 bits per heavy atom. The van der Waals surface area contributed by atoms with E-state index in [1.165, 1.54) is 0 Å². The van der Waals surface area contributed by atoms with Gasteiger partial charge in [-0.25, -0.2) is 9.91 Å². The monoisotopic (exact) mass is 406 g/mol. The van der Waals surface area contributed by atoms with Crippen LogP contribution in [0.3, 0.4) is 0 Å². The van der Waals surface area contributed by atoms with Gasteiger partial charge in [0.15, 0.2) is 0 Å². The van der Waals surface area contributed by atoms with Gasteiger partial charge < -0.3 is 10.1 Å². The maximum atomic E-state index is 12.6. The van der Waals surface area contributed by atoms with Crippen LogP contribution in [0.15, 0.2) is 29.3 Å². The summed E-state index contributed by atoms with van der Waals surface area (Å²) in [6.45, 7) is 6.04. The van der Waals surface area contributed by atoms with Gasteiger partial charge in [0.1, 0.15) is 0 Å². The average molecular weight is 407 g/mol. The number of hydrogen-bond acceptors (Lipinski definition) is 6. The number of hydrogen-bond donors (Lipinski definition) is 2. The highest BCUT2D eigenvalue weighted by Gasteiger charge is 2.35. The number of hydrazine groups is 1. The van der Waals surface area contributed by atoms with Crippen molar-refractivity contribution in [3.63, 3.8) is 0 Å². The Morgan fingerprint density at radius 2 is 1.93 bits per heavy atom. The molecule has 1 aromatic rings. The van der Waals surface area contributed by atoms with Gasteiger partial charge in [-0.15, -0.1) is 0 Å². The zero-order valence-corrected chi connectivity index (χ0v) is 16.6. The lowest BCUT2D eigenvalue weighted by Gasteiger charge is -2.27. The third-order valence-electron chi connectivity index (χ3n) is 4.58. The highest BCUT2D eigenvalue weighted by atomic mass is 35.5. The molecular weight excluding hydrogens is 384 g/mol. The number of allylic oxidation sites excluding steroid dienone is 1. The van der Waals surface area contributed by atoms with E-state index in [-0.39, 0.29) is 30.7 Å². The number of nitrogens with one attached hydrogen (secondary N) is 2. The molecule has 150 valence electrons. The summed E-state index contributed by atoms with van der Waals surface area (Å²) in [5.74, 6) is -0.814. The molecule has 3 amide bonds. The third-order valence-corrected chi connectivity index (χ3v) is 4.91. The van der Waals surface area contributed by atoms with Crippen LogP contribution in [0.1, 0.15) is 20.3 Å². The molecule has 2 aliphatic rings. The zero-order valence-electron chi connectivity index (χ0n) is 15.9.